The summed E-state index contributed by atoms with van der Waals surface area (Å²) in [5.41, 5.74) is 2.03. The average Bonchev–Trinajstić information content (AvgIpc) is 3.12. The first-order valence-corrected chi connectivity index (χ1v) is 10.1. The molecule has 2 aromatic carbocycles. The van der Waals surface area contributed by atoms with Gasteiger partial charge in [-0.1, -0.05) is 23.8 Å². The number of aromatic nitrogens is 1. The summed E-state index contributed by atoms with van der Waals surface area (Å²) in [6.45, 7) is 1.91. The van der Waals surface area contributed by atoms with Crippen molar-refractivity contribution in [1.82, 2.24) is 4.98 Å². The Kier molecular flexibility index (Phi) is 4.66. The van der Waals surface area contributed by atoms with Crippen molar-refractivity contribution >= 4 is 22.7 Å². The van der Waals surface area contributed by atoms with E-state index in [-0.39, 0.29) is 16.8 Å². The van der Waals surface area contributed by atoms with Crippen molar-refractivity contribution in [3.8, 4) is 11.5 Å². The topological polar surface area (TPSA) is 81.9 Å². The van der Waals surface area contributed by atoms with Gasteiger partial charge in [0, 0.05) is 6.20 Å². The highest BCUT2D eigenvalue weighted by molar-refractivity contribution is 6.10. The molecule has 0 saturated carbocycles. The lowest BCUT2D eigenvalue weighted by Crippen LogP contribution is -2.30. The number of nitrogens with zero attached hydrogens (tertiary/aromatic N) is 2. The smallest absolute Gasteiger partial charge is 0.296 e. The number of ether oxygens (including phenoxy) is 2. The maximum absolute atomic E-state index is 13.6. The molecule has 1 aliphatic heterocycles. The second-order valence-electron chi connectivity index (χ2n) is 7.55. The van der Waals surface area contributed by atoms with Gasteiger partial charge >= 0.3 is 0 Å². The minimum Gasteiger partial charge on any atom is -0.493 e. The lowest BCUT2D eigenvalue weighted by atomic mass is 9.97. The zero-order chi connectivity index (χ0) is 22.4. The Bertz CT molecular complexity index is 1410. The van der Waals surface area contributed by atoms with E-state index in [0.29, 0.717) is 33.8 Å². The van der Waals surface area contributed by atoms with Crippen molar-refractivity contribution in [3.63, 3.8) is 0 Å². The van der Waals surface area contributed by atoms with Crippen LogP contribution in [0.2, 0.25) is 0 Å². The van der Waals surface area contributed by atoms with Gasteiger partial charge in [-0.25, -0.2) is 4.98 Å². The average molecular weight is 428 g/mol. The van der Waals surface area contributed by atoms with Crippen LogP contribution in [0.3, 0.4) is 0 Å². The Hall–Kier alpha value is -4.13. The van der Waals surface area contributed by atoms with Crippen LogP contribution in [0.15, 0.2) is 70.0 Å². The fourth-order valence-electron chi connectivity index (χ4n) is 4.16. The van der Waals surface area contributed by atoms with Crippen LogP contribution in [-0.2, 0) is 0 Å². The van der Waals surface area contributed by atoms with Gasteiger partial charge in [-0.05, 0) is 48.9 Å². The van der Waals surface area contributed by atoms with Gasteiger partial charge in [0.15, 0.2) is 16.9 Å². The molecule has 7 nitrogen and oxygen atoms in total. The quantitative estimate of drug-likeness (QED) is 0.483. The van der Waals surface area contributed by atoms with Gasteiger partial charge in [0.2, 0.25) is 5.76 Å². The van der Waals surface area contributed by atoms with Gasteiger partial charge in [-0.3, -0.25) is 14.5 Å². The van der Waals surface area contributed by atoms with Crippen LogP contribution >= 0.6 is 0 Å². The van der Waals surface area contributed by atoms with Crippen LogP contribution in [0.4, 0.5) is 5.82 Å². The highest BCUT2D eigenvalue weighted by Gasteiger charge is 2.44. The maximum Gasteiger partial charge on any atom is 0.296 e. The second-order valence-corrected chi connectivity index (χ2v) is 7.55. The molecule has 0 bridgehead atoms. The predicted octanol–water partition coefficient (Wildman–Crippen LogP) is 4.26. The number of pyridine rings is 1. The third-order valence-corrected chi connectivity index (χ3v) is 5.65. The Morgan fingerprint density at radius 3 is 2.50 bits per heavy atom. The van der Waals surface area contributed by atoms with Gasteiger partial charge in [0.1, 0.15) is 11.4 Å². The molecule has 1 aliphatic rings. The lowest BCUT2D eigenvalue weighted by Gasteiger charge is -2.24. The molecule has 32 heavy (non-hydrogen) atoms. The first kappa shape index (κ1) is 19.8. The van der Waals surface area contributed by atoms with E-state index >= 15 is 0 Å². The zero-order valence-corrected chi connectivity index (χ0v) is 17.8. The number of methoxy groups -OCH3 is 2. The van der Waals surface area contributed by atoms with E-state index in [2.05, 4.69) is 4.98 Å². The normalized spacial score (nSPS) is 15.2. The molecule has 4 aromatic rings. The number of amides is 1. The van der Waals surface area contributed by atoms with Crippen molar-refractivity contribution in [3.05, 3.63) is 93.5 Å². The van der Waals surface area contributed by atoms with Crippen LogP contribution < -0.4 is 19.8 Å². The Balaban J connectivity index is 1.82. The van der Waals surface area contributed by atoms with E-state index in [4.69, 9.17) is 13.9 Å². The highest BCUT2D eigenvalue weighted by atomic mass is 16.5. The van der Waals surface area contributed by atoms with Crippen LogP contribution in [0.25, 0.3) is 11.0 Å². The molecule has 0 aliphatic carbocycles. The number of anilines is 1. The molecule has 0 saturated heterocycles. The molecule has 1 amide bonds. The Morgan fingerprint density at radius 2 is 1.78 bits per heavy atom. The van der Waals surface area contributed by atoms with Crippen LogP contribution in [0.1, 0.15) is 33.3 Å². The monoisotopic (exact) mass is 428 g/mol. The molecule has 0 fully saturated rings. The van der Waals surface area contributed by atoms with E-state index in [1.165, 1.54) is 12.0 Å². The van der Waals surface area contributed by atoms with Crippen LogP contribution in [-0.4, -0.2) is 25.1 Å². The van der Waals surface area contributed by atoms with E-state index in [1.807, 2.05) is 19.1 Å². The van der Waals surface area contributed by atoms with Gasteiger partial charge in [0.25, 0.3) is 5.91 Å². The van der Waals surface area contributed by atoms with E-state index in [0.717, 1.165) is 5.56 Å². The molecule has 1 atom stereocenters. The first-order valence-electron chi connectivity index (χ1n) is 10.1. The largest absolute Gasteiger partial charge is 0.493 e. The van der Waals surface area contributed by atoms with Crippen LogP contribution in [0.5, 0.6) is 11.5 Å². The van der Waals surface area contributed by atoms with Gasteiger partial charge in [-0.2, -0.15) is 0 Å². The fourth-order valence-corrected chi connectivity index (χ4v) is 4.16. The summed E-state index contributed by atoms with van der Waals surface area (Å²) in [5.74, 6) is 1.07. The summed E-state index contributed by atoms with van der Waals surface area (Å²) in [6, 6.07) is 15.2. The van der Waals surface area contributed by atoms with Crippen molar-refractivity contribution in [2.45, 2.75) is 13.0 Å². The van der Waals surface area contributed by atoms with Gasteiger partial charge < -0.3 is 13.9 Å². The van der Waals surface area contributed by atoms with E-state index < -0.39 is 11.9 Å². The summed E-state index contributed by atoms with van der Waals surface area (Å²) in [4.78, 5) is 33.0. The number of carbonyl (C=O) groups is 1. The number of rotatable bonds is 4. The number of fused-ring (bicyclic) bond motifs is 2. The number of benzene rings is 2. The molecule has 5 rings (SSSR count). The van der Waals surface area contributed by atoms with Gasteiger partial charge in [-0.15, -0.1) is 0 Å². The molecule has 0 radical (unpaired) electrons. The molecule has 3 heterocycles. The second kappa shape index (κ2) is 7.53. The number of hydrogen-bond donors (Lipinski definition) is 0. The summed E-state index contributed by atoms with van der Waals surface area (Å²) >= 11 is 0. The molecule has 0 spiro atoms. The minimum absolute atomic E-state index is 0.0248. The molecule has 160 valence electrons. The molecule has 2 aromatic heterocycles. The number of carbonyl (C=O) groups excluding carboxylic acids is 1. The molecular weight excluding hydrogens is 408 g/mol. The summed E-state index contributed by atoms with van der Waals surface area (Å²) in [5, 5.41) is 0.435. The summed E-state index contributed by atoms with van der Waals surface area (Å²) < 4.78 is 16.8. The van der Waals surface area contributed by atoms with Crippen molar-refractivity contribution in [2.24, 2.45) is 0 Å². The van der Waals surface area contributed by atoms with Crippen molar-refractivity contribution in [1.29, 1.82) is 0 Å². The lowest BCUT2D eigenvalue weighted by molar-refractivity contribution is 0.0970. The van der Waals surface area contributed by atoms with E-state index in [1.54, 1.807) is 55.8 Å². The van der Waals surface area contributed by atoms with Crippen LogP contribution in [0, 0.1) is 6.92 Å². The third-order valence-electron chi connectivity index (χ3n) is 5.65. The standard InChI is InChI=1S/C25H20N2O5/c1-14-7-9-17-16(12-14)23(28)21-22(15-8-10-18(30-2)19(13-15)31-3)27(25(29)24(21)32-17)20-6-4-5-11-26-20/h4-13,22H,1-3H3. The number of aryl methyl sites for hydroxylation is 1. The minimum atomic E-state index is -0.728. The molecular formula is C25H20N2O5. The third kappa shape index (κ3) is 2.93. The Morgan fingerprint density at radius 1 is 0.969 bits per heavy atom. The van der Waals surface area contributed by atoms with Gasteiger partial charge in [0.05, 0.1) is 31.2 Å². The summed E-state index contributed by atoms with van der Waals surface area (Å²) in [6.07, 6.45) is 1.60. The SMILES string of the molecule is COc1ccc(C2c3c(oc4ccc(C)cc4c3=O)C(=O)N2c2ccccn2)cc1OC. The fraction of sp³-hybridized carbons (Fsp3) is 0.160. The van der Waals surface area contributed by atoms with Crippen molar-refractivity contribution < 1.29 is 18.7 Å². The highest BCUT2D eigenvalue weighted by Crippen LogP contribution is 2.42. The van der Waals surface area contributed by atoms with Crippen molar-refractivity contribution in [2.75, 3.05) is 19.1 Å². The maximum atomic E-state index is 13.6. The number of hydrogen-bond acceptors (Lipinski definition) is 6. The first-order chi connectivity index (χ1) is 15.5. The van der Waals surface area contributed by atoms with E-state index in [9.17, 15) is 9.59 Å². The Labute approximate surface area is 183 Å². The molecule has 1 unspecified atom stereocenters. The summed E-state index contributed by atoms with van der Waals surface area (Å²) in [7, 11) is 3.09. The molecule has 7 heteroatoms. The molecule has 0 N–H and O–H groups in total. The zero-order valence-electron chi connectivity index (χ0n) is 17.8. The predicted molar refractivity (Wildman–Crippen MR) is 120 cm³/mol.